The number of pyridine rings is 1. The highest BCUT2D eigenvalue weighted by Gasteiger charge is 2.17. The molecule has 4 heteroatoms. The molecule has 4 nitrogen and oxygen atoms in total. The minimum atomic E-state index is 0.0358. The number of hydrogen-bond acceptors (Lipinski definition) is 3. The number of aliphatic hydroxyl groups is 1. The Hall–Kier alpha value is -1.39. The second kappa shape index (κ2) is 4.47. The zero-order chi connectivity index (χ0) is 11.7. The van der Waals surface area contributed by atoms with Gasteiger partial charge >= 0.3 is 0 Å². The highest BCUT2D eigenvalue weighted by Crippen LogP contribution is 2.26. The fourth-order valence-electron chi connectivity index (χ4n) is 2.35. The van der Waals surface area contributed by atoms with Gasteiger partial charge in [0.1, 0.15) is 11.9 Å². The van der Waals surface area contributed by atoms with Crippen LogP contribution in [0.3, 0.4) is 0 Å². The molecule has 0 spiro atoms. The minimum Gasteiger partial charge on any atom is -0.392 e. The third-order valence-electron chi connectivity index (χ3n) is 3.26. The van der Waals surface area contributed by atoms with E-state index in [1.165, 1.54) is 6.42 Å². The smallest absolute Gasteiger partial charge is 0.141 e. The average Bonchev–Trinajstić information content (AvgIpc) is 2.82. The zero-order valence-corrected chi connectivity index (χ0v) is 9.67. The first-order valence-corrected chi connectivity index (χ1v) is 6.06. The summed E-state index contributed by atoms with van der Waals surface area (Å²) < 4.78 is 7.85. The normalized spacial score (nSPS) is 20.9. The Balaban J connectivity index is 1.99. The molecule has 90 valence electrons. The van der Waals surface area contributed by atoms with Crippen molar-refractivity contribution in [3.63, 3.8) is 0 Å². The van der Waals surface area contributed by atoms with E-state index in [-0.39, 0.29) is 12.8 Å². The number of rotatable bonds is 2. The summed E-state index contributed by atoms with van der Waals surface area (Å²) in [7, 11) is 0. The molecule has 0 saturated carbocycles. The summed E-state index contributed by atoms with van der Waals surface area (Å²) in [6.07, 6.45) is 7.27. The summed E-state index contributed by atoms with van der Waals surface area (Å²) in [4.78, 5) is 4.41. The molecule has 1 aliphatic rings. The summed E-state index contributed by atoms with van der Waals surface area (Å²) in [6, 6.07) is 4.00. The topological polar surface area (TPSA) is 47.3 Å². The highest BCUT2D eigenvalue weighted by atomic mass is 16.5. The van der Waals surface area contributed by atoms with Gasteiger partial charge in [-0.3, -0.25) is 0 Å². The van der Waals surface area contributed by atoms with Crippen LogP contribution in [0.25, 0.3) is 11.0 Å². The summed E-state index contributed by atoms with van der Waals surface area (Å²) in [5.74, 6) is 0. The monoisotopic (exact) mass is 232 g/mol. The molecule has 1 aliphatic heterocycles. The molecule has 1 fully saturated rings. The second-order valence-corrected chi connectivity index (χ2v) is 4.46. The number of fused-ring (bicyclic) bond motifs is 1. The quantitative estimate of drug-likeness (QED) is 0.863. The zero-order valence-electron chi connectivity index (χ0n) is 9.67. The Kier molecular flexibility index (Phi) is 2.82. The predicted molar refractivity (Wildman–Crippen MR) is 64.5 cm³/mol. The van der Waals surface area contributed by atoms with Gasteiger partial charge in [-0.1, -0.05) is 0 Å². The molecule has 3 heterocycles. The van der Waals surface area contributed by atoms with Crippen LogP contribution in [-0.2, 0) is 11.3 Å². The molecule has 0 bridgehead atoms. The number of nitrogens with zero attached hydrogens (tertiary/aromatic N) is 2. The van der Waals surface area contributed by atoms with Crippen molar-refractivity contribution < 1.29 is 9.84 Å². The van der Waals surface area contributed by atoms with Crippen molar-refractivity contribution in [1.29, 1.82) is 0 Å². The van der Waals surface area contributed by atoms with Gasteiger partial charge in [0, 0.05) is 24.4 Å². The largest absolute Gasteiger partial charge is 0.392 e. The van der Waals surface area contributed by atoms with Crippen molar-refractivity contribution in [1.82, 2.24) is 9.55 Å². The maximum absolute atomic E-state index is 9.08. The fourth-order valence-corrected chi connectivity index (χ4v) is 2.35. The first kappa shape index (κ1) is 10.7. The van der Waals surface area contributed by atoms with E-state index in [4.69, 9.17) is 9.84 Å². The van der Waals surface area contributed by atoms with Gasteiger partial charge in [0.05, 0.1) is 6.61 Å². The summed E-state index contributed by atoms with van der Waals surface area (Å²) >= 11 is 0. The molecule has 2 aromatic rings. The fraction of sp³-hybridized carbons (Fsp3) is 0.462. The van der Waals surface area contributed by atoms with Gasteiger partial charge in [0.25, 0.3) is 0 Å². The highest BCUT2D eigenvalue weighted by molar-refractivity contribution is 5.76. The lowest BCUT2D eigenvalue weighted by Crippen LogP contribution is -2.17. The van der Waals surface area contributed by atoms with Gasteiger partial charge < -0.3 is 14.4 Å². The van der Waals surface area contributed by atoms with Crippen molar-refractivity contribution in [2.24, 2.45) is 0 Å². The van der Waals surface area contributed by atoms with Gasteiger partial charge in [-0.05, 0) is 37.0 Å². The van der Waals surface area contributed by atoms with Gasteiger partial charge in [-0.15, -0.1) is 0 Å². The molecule has 3 rings (SSSR count). The van der Waals surface area contributed by atoms with Crippen LogP contribution in [0.2, 0.25) is 0 Å². The second-order valence-electron chi connectivity index (χ2n) is 4.46. The molecular weight excluding hydrogens is 216 g/mol. The summed E-state index contributed by atoms with van der Waals surface area (Å²) in [5, 5.41) is 10.1. The van der Waals surface area contributed by atoms with E-state index in [0.29, 0.717) is 0 Å². The Morgan fingerprint density at radius 1 is 1.47 bits per heavy atom. The lowest BCUT2D eigenvalue weighted by Gasteiger charge is -2.24. The molecule has 0 aliphatic carbocycles. The Morgan fingerprint density at radius 2 is 2.41 bits per heavy atom. The van der Waals surface area contributed by atoms with E-state index < -0.39 is 0 Å². The Bertz CT molecular complexity index is 515. The van der Waals surface area contributed by atoms with E-state index in [0.717, 1.165) is 36.0 Å². The third-order valence-corrected chi connectivity index (χ3v) is 3.26. The van der Waals surface area contributed by atoms with Crippen molar-refractivity contribution in [3.05, 3.63) is 30.1 Å². The van der Waals surface area contributed by atoms with E-state index in [1.54, 1.807) is 6.20 Å². The lowest BCUT2D eigenvalue weighted by molar-refractivity contribution is -0.0294. The van der Waals surface area contributed by atoms with Crippen molar-refractivity contribution in [3.8, 4) is 0 Å². The van der Waals surface area contributed by atoms with Crippen LogP contribution in [0, 0.1) is 0 Å². The molecule has 17 heavy (non-hydrogen) atoms. The lowest BCUT2D eigenvalue weighted by atomic mass is 10.2. The van der Waals surface area contributed by atoms with Crippen LogP contribution >= 0.6 is 0 Å². The number of aliphatic hydroxyl groups excluding tert-OH is 1. The molecule has 1 saturated heterocycles. The van der Waals surface area contributed by atoms with Crippen LogP contribution in [0.5, 0.6) is 0 Å². The molecule has 1 unspecified atom stereocenters. The molecule has 0 amide bonds. The predicted octanol–water partition coefficient (Wildman–Crippen LogP) is 2.23. The van der Waals surface area contributed by atoms with Crippen LogP contribution in [0.1, 0.15) is 31.1 Å². The maximum atomic E-state index is 9.08. The van der Waals surface area contributed by atoms with E-state index in [2.05, 4.69) is 9.55 Å². The first-order valence-electron chi connectivity index (χ1n) is 6.06. The number of ether oxygens (including phenoxy) is 1. The summed E-state index contributed by atoms with van der Waals surface area (Å²) in [6.45, 7) is 0.868. The van der Waals surface area contributed by atoms with Crippen molar-refractivity contribution in [2.45, 2.75) is 32.1 Å². The van der Waals surface area contributed by atoms with E-state index in [9.17, 15) is 0 Å². The van der Waals surface area contributed by atoms with Crippen LogP contribution in [0.4, 0.5) is 0 Å². The van der Waals surface area contributed by atoms with Gasteiger partial charge in [-0.2, -0.15) is 0 Å². The Morgan fingerprint density at radius 3 is 3.18 bits per heavy atom. The molecule has 0 aromatic carbocycles. The van der Waals surface area contributed by atoms with Crippen LogP contribution in [0.15, 0.2) is 24.5 Å². The summed E-state index contributed by atoms with van der Waals surface area (Å²) in [5.41, 5.74) is 1.79. The molecule has 1 N–H and O–H groups in total. The molecule has 0 radical (unpaired) electrons. The first-order chi connectivity index (χ1) is 8.38. The maximum Gasteiger partial charge on any atom is 0.141 e. The standard InChI is InChI=1S/C13H16N2O2/c16-9-10-7-11-4-5-15(13(11)14-8-10)12-3-1-2-6-17-12/h4-5,7-8,12,16H,1-3,6,9H2. The number of aromatic nitrogens is 2. The SMILES string of the molecule is OCc1cnc2c(ccn2C2CCCCO2)c1. The van der Waals surface area contributed by atoms with Crippen LogP contribution in [-0.4, -0.2) is 21.3 Å². The average molecular weight is 232 g/mol. The van der Waals surface area contributed by atoms with Crippen molar-refractivity contribution in [2.75, 3.05) is 6.61 Å². The van der Waals surface area contributed by atoms with Gasteiger partial charge in [0.15, 0.2) is 0 Å². The molecular formula is C13H16N2O2. The third kappa shape index (κ3) is 1.94. The van der Waals surface area contributed by atoms with E-state index >= 15 is 0 Å². The van der Waals surface area contributed by atoms with Crippen molar-refractivity contribution >= 4 is 11.0 Å². The molecule has 2 aromatic heterocycles. The van der Waals surface area contributed by atoms with Crippen LogP contribution < -0.4 is 0 Å². The molecule has 1 atom stereocenters. The number of hydrogen-bond donors (Lipinski definition) is 1. The minimum absolute atomic E-state index is 0.0358. The van der Waals surface area contributed by atoms with Gasteiger partial charge in [0.2, 0.25) is 0 Å². The Labute approximate surface area is 99.8 Å². The van der Waals surface area contributed by atoms with Gasteiger partial charge in [-0.25, -0.2) is 4.98 Å². The van der Waals surface area contributed by atoms with E-state index in [1.807, 2.05) is 18.3 Å².